The van der Waals surface area contributed by atoms with Gasteiger partial charge in [0, 0.05) is 23.2 Å². The summed E-state index contributed by atoms with van der Waals surface area (Å²) >= 11 is 6.90. The number of nitrogens with zero attached hydrogens (tertiary/aromatic N) is 1. The van der Waals surface area contributed by atoms with Crippen molar-refractivity contribution in [3.8, 4) is 0 Å². The van der Waals surface area contributed by atoms with Crippen LogP contribution in [0.5, 0.6) is 0 Å². The van der Waals surface area contributed by atoms with E-state index in [0.717, 1.165) is 21.8 Å². The van der Waals surface area contributed by atoms with Crippen molar-refractivity contribution in [2.75, 3.05) is 18.2 Å². The number of rotatable bonds is 4. The first kappa shape index (κ1) is 14.9. The molecule has 0 unspecified atom stereocenters. The second-order valence-corrected chi connectivity index (χ2v) is 5.90. The smallest absolute Gasteiger partial charge is 0.107 e. The Morgan fingerprint density at radius 1 is 1.20 bits per heavy atom. The molecule has 0 aromatic heterocycles. The van der Waals surface area contributed by atoms with Crippen LogP contribution in [0.3, 0.4) is 0 Å². The number of aryl methyl sites for hydroxylation is 1. The molecule has 0 fully saturated rings. The first-order valence-electron chi connectivity index (χ1n) is 6.31. The van der Waals surface area contributed by atoms with Gasteiger partial charge >= 0.3 is 0 Å². The minimum atomic E-state index is 0.435. The minimum Gasteiger partial charge on any atom is -0.389 e. The van der Waals surface area contributed by atoms with Gasteiger partial charge in [0.1, 0.15) is 4.99 Å². The summed E-state index contributed by atoms with van der Waals surface area (Å²) in [6.07, 6.45) is 2.04. The highest BCUT2D eigenvalue weighted by Gasteiger charge is 2.14. The monoisotopic (exact) mass is 302 g/mol. The van der Waals surface area contributed by atoms with Crippen LogP contribution in [0.25, 0.3) is 0 Å². The third-order valence-corrected chi connectivity index (χ3v) is 4.21. The van der Waals surface area contributed by atoms with Crippen molar-refractivity contribution in [2.24, 2.45) is 5.73 Å². The number of thiocarbonyl (C=S) groups is 1. The quantitative estimate of drug-likeness (QED) is 0.679. The Labute approximate surface area is 130 Å². The molecule has 0 saturated carbocycles. The molecule has 4 heteroatoms. The van der Waals surface area contributed by atoms with E-state index in [0.29, 0.717) is 4.99 Å². The van der Waals surface area contributed by atoms with Crippen LogP contribution in [0.2, 0.25) is 0 Å². The number of hydrogen-bond acceptors (Lipinski definition) is 3. The third kappa shape index (κ3) is 2.97. The molecular formula is C16H18N2S2. The van der Waals surface area contributed by atoms with Gasteiger partial charge in [0.2, 0.25) is 0 Å². The van der Waals surface area contributed by atoms with Crippen molar-refractivity contribution in [2.45, 2.75) is 11.8 Å². The topological polar surface area (TPSA) is 29.3 Å². The molecule has 104 valence electrons. The molecule has 0 atom stereocenters. The lowest BCUT2D eigenvalue weighted by atomic mass is 10.1. The van der Waals surface area contributed by atoms with Gasteiger partial charge in [-0.25, -0.2) is 0 Å². The number of benzene rings is 2. The summed E-state index contributed by atoms with van der Waals surface area (Å²) in [6.45, 7) is 2.09. The van der Waals surface area contributed by atoms with Gasteiger partial charge < -0.3 is 10.6 Å². The van der Waals surface area contributed by atoms with Gasteiger partial charge in [0.05, 0.1) is 5.69 Å². The van der Waals surface area contributed by atoms with E-state index in [4.69, 9.17) is 18.0 Å². The lowest BCUT2D eigenvalue weighted by Crippen LogP contribution is -2.18. The molecule has 2 rings (SSSR count). The van der Waals surface area contributed by atoms with E-state index < -0.39 is 0 Å². The maximum absolute atomic E-state index is 5.93. The largest absolute Gasteiger partial charge is 0.389 e. The molecular weight excluding hydrogens is 284 g/mol. The van der Waals surface area contributed by atoms with Crippen LogP contribution in [0.15, 0.2) is 47.4 Å². The Hall–Kier alpha value is -1.52. The molecule has 20 heavy (non-hydrogen) atoms. The Morgan fingerprint density at radius 3 is 2.50 bits per heavy atom. The standard InChI is InChI=1S/C16H18N2S2/c1-11-6-4-7-12(10-11)18(2)13-8-5-9-14(20-3)15(13)16(17)19/h4-10H,1-3H3,(H2,17,19). The van der Waals surface area contributed by atoms with Crippen LogP contribution in [-0.2, 0) is 0 Å². The summed E-state index contributed by atoms with van der Waals surface area (Å²) in [6, 6.07) is 14.5. The third-order valence-electron chi connectivity index (χ3n) is 3.22. The number of anilines is 2. The second kappa shape index (κ2) is 6.29. The van der Waals surface area contributed by atoms with Crippen LogP contribution < -0.4 is 10.6 Å². The summed E-state index contributed by atoms with van der Waals surface area (Å²) in [4.78, 5) is 3.67. The highest BCUT2D eigenvalue weighted by Crippen LogP contribution is 2.33. The van der Waals surface area contributed by atoms with Crippen LogP contribution in [0.4, 0.5) is 11.4 Å². The highest BCUT2D eigenvalue weighted by molar-refractivity contribution is 7.98. The molecule has 2 aromatic rings. The van der Waals surface area contributed by atoms with Crippen molar-refractivity contribution >= 4 is 40.3 Å². The molecule has 0 bridgehead atoms. The summed E-state index contributed by atoms with van der Waals surface area (Å²) in [5, 5.41) is 0. The molecule has 2 nitrogen and oxygen atoms in total. The van der Waals surface area contributed by atoms with Crippen molar-refractivity contribution in [3.63, 3.8) is 0 Å². The van der Waals surface area contributed by atoms with E-state index in [1.807, 2.05) is 25.4 Å². The fourth-order valence-electron chi connectivity index (χ4n) is 2.19. The highest BCUT2D eigenvalue weighted by atomic mass is 32.2. The summed E-state index contributed by atoms with van der Waals surface area (Å²) < 4.78 is 0. The second-order valence-electron chi connectivity index (χ2n) is 4.62. The number of hydrogen-bond donors (Lipinski definition) is 1. The van der Waals surface area contributed by atoms with Crippen LogP contribution >= 0.6 is 24.0 Å². The molecule has 2 N–H and O–H groups in total. The van der Waals surface area contributed by atoms with Gasteiger partial charge in [-0.15, -0.1) is 11.8 Å². The Balaban J connectivity index is 2.54. The average Bonchev–Trinajstić information content (AvgIpc) is 2.45. The van der Waals surface area contributed by atoms with Gasteiger partial charge in [-0.05, 0) is 43.0 Å². The Kier molecular flexibility index (Phi) is 4.68. The van der Waals surface area contributed by atoms with Gasteiger partial charge in [-0.3, -0.25) is 0 Å². The zero-order valence-corrected chi connectivity index (χ0v) is 13.5. The lowest BCUT2D eigenvalue weighted by molar-refractivity contribution is 1.18. The van der Waals surface area contributed by atoms with Gasteiger partial charge in [-0.1, -0.05) is 30.4 Å². The van der Waals surface area contributed by atoms with Gasteiger partial charge in [0.15, 0.2) is 0 Å². The summed E-state index contributed by atoms with van der Waals surface area (Å²) in [7, 11) is 2.04. The SMILES string of the molecule is CSc1cccc(N(C)c2cccc(C)c2)c1C(N)=S. The molecule has 0 spiro atoms. The van der Waals surface area contributed by atoms with Crippen LogP contribution in [-0.4, -0.2) is 18.3 Å². The first-order valence-corrected chi connectivity index (χ1v) is 7.95. The van der Waals surface area contributed by atoms with Crippen molar-refractivity contribution < 1.29 is 0 Å². The molecule has 0 amide bonds. The molecule has 0 aliphatic carbocycles. The zero-order valence-electron chi connectivity index (χ0n) is 11.9. The predicted molar refractivity (Wildman–Crippen MR) is 93.4 cm³/mol. The molecule has 0 aliphatic rings. The van der Waals surface area contributed by atoms with Gasteiger partial charge in [-0.2, -0.15) is 0 Å². The first-order chi connectivity index (χ1) is 9.54. The van der Waals surface area contributed by atoms with E-state index in [-0.39, 0.29) is 0 Å². The molecule has 2 aromatic carbocycles. The van der Waals surface area contributed by atoms with Gasteiger partial charge in [0.25, 0.3) is 0 Å². The molecule has 0 aliphatic heterocycles. The zero-order chi connectivity index (χ0) is 14.7. The van der Waals surface area contributed by atoms with E-state index >= 15 is 0 Å². The minimum absolute atomic E-state index is 0.435. The fraction of sp³-hybridized carbons (Fsp3) is 0.188. The molecule has 0 radical (unpaired) electrons. The summed E-state index contributed by atoms with van der Waals surface area (Å²) in [5.41, 5.74) is 10.3. The predicted octanol–water partition coefficient (Wildman–Crippen LogP) is 4.12. The van der Waals surface area contributed by atoms with Crippen molar-refractivity contribution in [3.05, 3.63) is 53.6 Å². The maximum Gasteiger partial charge on any atom is 0.107 e. The average molecular weight is 302 g/mol. The number of thioether (sulfide) groups is 1. The maximum atomic E-state index is 5.93. The summed E-state index contributed by atoms with van der Waals surface area (Å²) in [5.74, 6) is 0. The fourth-order valence-corrected chi connectivity index (χ4v) is 3.10. The van der Waals surface area contributed by atoms with E-state index in [1.54, 1.807) is 11.8 Å². The van der Waals surface area contributed by atoms with Crippen LogP contribution in [0.1, 0.15) is 11.1 Å². The van der Waals surface area contributed by atoms with Crippen molar-refractivity contribution in [1.82, 2.24) is 0 Å². The lowest BCUT2D eigenvalue weighted by Gasteiger charge is -2.24. The Bertz CT molecular complexity index is 638. The van der Waals surface area contributed by atoms with Crippen molar-refractivity contribution in [1.29, 1.82) is 0 Å². The molecule has 0 heterocycles. The van der Waals surface area contributed by atoms with E-state index in [2.05, 4.69) is 42.2 Å². The Morgan fingerprint density at radius 2 is 1.90 bits per heavy atom. The number of nitrogens with two attached hydrogens (primary N) is 1. The van der Waals surface area contributed by atoms with E-state index in [9.17, 15) is 0 Å². The van der Waals surface area contributed by atoms with E-state index in [1.165, 1.54) is 5.56 Å². The normalized spacial score (nSPS) is 10.3. The molecule has 0 saturated heterocycles. The van der Waals surface area contributed by atoms with Crippen LogP contribution in [0, 0.1) is 6.92 Å².